The number of nitrogens with one attached hydrogen (secondary N) is 2. The van der Waals surface area contributed by atoms with Crippen LogP contribution in [0.25, 0.3) is 10.9 Å². The minimum Gasteiger partial charge on any atom is -0.444 e. The lowest BCUT2D eigenvalue weighted by molar-refractivity contribution is -0.124. The number of ether oxygens (including phenoxy) is 1. The van der Waals surface area contributed by atoms with E-state index >= 15 is 0 Å². The molecule has 1 heterocycles. The van der Waals surface area contributed by atoms with Gasteiger partial charge < -0.3 is 10.1 Å². The summed E-state index contributed by atoms with van der Waals surface area (Å²) in [5.41, 5.74) is 4.28. The van der Waals surface area contributed by atoms with Crippen LogP contribution in [0.2, 0.25) is 5.15 Å². The average Bonchev–Trinajstić information content (AvgIpc) is 2.64. The topological polar surface area (TPSA) is 92.7 Å². The maximum Gasteiger partial charge on any atom is 0.408 e. The van der Waals surface area contributed by atoms with Gasteiger partial charge in [-0.3, -0.25) is 4.79 Å². The maximum absolute atomic E-state index is 12.6. The average molecular weight is 433 g/mol. The van der Waals surface area contributed by atoms with Crippen LogP contribution >= 0.6 is 11.6 Å². The first-order valence-electron chi connectivity index (χ1n) is 9.89. The molecule has 0 radical (unpaired) electrons. The summed E-state index contributed by atoms with van der Waals surface area (Å²) in [6.45, 7) is 11.1. The van der Waals surface area contributed by atoms with Crippen LogP contribution < -0.4 is 10.7 Å². The number of carbonyl (C=O) groups is 2. The number of halogens is 1. The van der Waals surface area contributed by atoms with Crippen molar-refractivity contribution in [1.82, 2.24) is 15.7 Å². The Morgan fingerprint density at radius 3 is 2.63 bits per heavy atom. The summed E-state index contributed by atoms with van der Waals surface area (Å²) >= 11 is 6.25. The lowest BCUT2D eigenvalue weighted by Gasteiger charge is -2.25. The molecule has 2 atom stereocenters. The van der Waals surface area contributed by atoms with E-state index in [0.717, 1.165) is 16.5 Å². The van der Waals surface area contributed by atoms with Gasteiger partial charge in [-0.1, -0.05) is 44.0 Å². The molecule has 2 N–H and O–H groups in total. The van der Waals surface area contributed by atoms with Gasteiger partial charge in [0.25, 0.3) is 5.91 Å². The van der Waals surface area contributed by atoms with Gasteiger partial charge in [-0.2, -0.15) is 5.10 Å². The van der Waals surface area contributed by atoms with Gasteiger partial charge in [0.05, 0.1) is 11.7 Å². The monoisotopic (exact) mass is 432 g/mol. The Kier molecular flexibility index (Phi) is 7.78. The summed E-state index contributed by atoms with van der Waals surface area (Å²) in [5.74, 6) is -0.547. The van der Waals surface area contributed by atoms with Gasteiger partial charge >= 0.3 is 6.09 Å². The number of hydrogen-bond donors (Lipinski definition) is 2. The summed E-state index contributed by atoms with van der Waals surface area (Å²) in [7, 11) is 0. The molecule has 0 aliphatic rings. The van der Waals surface area contributed by atoms with Gasteiger partial charge in [-0.25, -0.2) is 15.2 Å². The number of hydrazone groups is 1. The van der Waals surface area contributed by atoms with Gasteiger partial charge in [0.1, 0.15) is 16.8 Å². The van der Waals surface area contributed by atoms with E-state index in [1.807, 2.05) is 45.0 Å². The minimum absolute atomic E-state index is 0.109. The molecular weight excluding hydrogens is 404 g/mol. The highest BCUT2D eigenvalue weighted by Crippen LogP contribution is 2.20. The Morgan fingerprint density at radius 1 is 1.30 bits per heavy atom. The molecule has 1 aromatic carbocycles. The Labute approximate surface area is 182 Å². The molecule has 0 saturated heterocycles. The number of hydrogen-bond acceptors (Lipinski definition) is 5. The first-order chi connectivity index (χ1) is 14.0. The van der Waals surface area contributed by atoms with E-state index in [-0.39, 0.29) is 11.1 Å². The number of fused-ring (bicyclic) bond motifs is 1. The first kappa shape index (κ1) is 23.6. The molecule has 0 fully saturated rings. The maximum atomic E-state index is 12.6. The van der Waals surface area contributed by atoms with Crippen molar-refractivity contribution in [3.8, 4) is 0 Å². The van der Waals surface area contributed by atoms with Gasteiger partial charge in [0.15, 0.2) is 0 Å². The van der Waals surface area contributed by atoms with Gasteiger partial charge in [-0.05, 0) is 51.3 Å². The molecule has 0 spiro atoms. The molecular formula is C22H29ClN4O3. The molecule has 2 rings (SSSR count). The van der Waals surface area contributed by atoms with Gasteiger partial charge in [0.2, 0.25) is 0 Å². The summed E-state index contributed by atoms with van der Waals surface area (Å²) in [5, 5.41) is 7.84. The lowest BCUT2D eigenvalue weighted by Crippen LogP contribution is -2.50. The predicted molar refractivity (Wildman–Crippen MR) is 120 cm³/mol. The molecule has 0 bridgehead atoms. The Hall–Kier alpha value is -2.67. The van der Waals surface area contributed by atoms with Gasteiger partial charge in [-0.15, -0.1) is 0 Å². The Bertz CT molecular complexity index is 953. The summed E-state index contributed by atoms with van der Waals surface area (Å²) in [4.78, 5) is 29.1. The van der Waals surface area contributed by atoms with Crippen molar-refractivity contribution >= 4 is 40.7 Å². The van der Waals surface area contributed by atoms with Crippen molar-refractivity contribution in [3.05, 3.63) is 40.5 Å². The van der Waals surface area contributed by atoms with Gasteiger partial charge in [0, 0.05) is 10.9 Å². The van der Waals surface area contributed by atoms with E-state index in [9.17, 15) is 9.59 Å². The van der Waals surface area contributed by atoms with E-state index in [4.69, 9.17) is 16.3 Å². The van der Waals surface area contributed by atoms with Crippen LogP contribution in [0.4, 0.5) is 4.79 Å². The largest absolute Gasteiger partial charge is 0.444 e. The zero-order chi connectivity index (χ0) is 22.5. The standard InChI is InChI=1S/C22H29ClN4O3/c1-7-14(3)18(26-21(29)30-22(4,5)6)20(28)27-24-12-16-11-15-9-8-13(2)10-17(15)25-19(16)23/h8-12,14,18H,7H2,1-6H3,(H,26,29)(H,27,28). The highest BCUT2D eigenvalue weighted by Gasteiger charge is 2.28. The third kappa shape index (κ3) is 6.69. The summed E-state index contributed by atoms with van der Waals surface area (Å²) < 4.78 is 5.26. The van der Waals surface area contributed by atoms with Crippen LogP contribution in [-0.4, -0.2) is 34.8 Å². The fourth-order valence-corrected chi connectivity index (χ4v) is 2.93. The third-order valence-electron chi connectivity index (χ3n) is 4.50. The van der Waals surface area contributed by atoms with Crippen LogP contribution in [0.5, 0.6) is 0 Å². The van der Waals surface area contributed by atoms with Crippen molar-refractivity contribution in [3.63, 3.8) is 0 Å². The van der Waals surface area contributed by atoms with Crippen LogP contribution in [0, 0.1) is 12.8 Å². The van der Waals surface area contributed by atoms with Crippen molar-refractivity contribution in [1.29, 1.82) is 0 Å². The predicted octanol–water partition coefficient (Wildman–Crippen LogP) is 4.59. The van der Waals surface area contributed by atoms with Crippen molar-refractivity contribution < 1.29 is 14.3 Å². The van der Waals surface area contributed by atoms with Crippen LogP contribution in [0.1, 0.15) is 52.2 Å². The number of aromatic nitrogens is 1. The second-order valence-corrected chi connectivity index (χ2v) is 8.67. The number of alkyl carbamates (subject to hydrolysis) is 1. The normalized spacial score (nSPS) is 13.8. The molecule has 0 aliphatic heterocycles. The smallest absolute Gasteiger partial charge is 0.408 e. The minimum atomic E-state index is -0.782. The molecule has 2 aromatic rings. The second-order valence-electron chi connectivity index (χ2n) is 8.31. The number of nitrogens with zero attached hydrogens (tertiary/aromatic N) is 2. The summed E-state index contributed by atoms with van der Waals surface area (Å²) in [6.07, 6.45) is 1.48. The zero-order valence-electron chi connectivity index (χ0n) is 18.2. The van der Waals surface area contributed by atoms with Crippen molar-refractivity contribution in [2.24, 2.45) is 11.0 Å². The highest BCUT2D eigenvalue weighted by molar-refractivity contribution is 6.32. The van der Waals surface area contributed by atoms with Crippen LogP contribution in [0.3, 0.4) is 0 Å². The molecule has 0 saturated carbocycles. The SMILES string of the molecule is CCC(C)C(NC(=O)OC(C)(C)C)C(=O)NN=Cc1cc2ccc(C)cc2nc1Cl. The van der Waals surface area contributed by atoms with E-state index < -0.39 is 23.6 Å². The Morgan fingerprint density at radius 2 is 2.00 bits per heavy atom. The molecule has 162 valence electrons. The van der Waals surface area contributed by atoms with Crippen LogP contribution in [0.15, 0.2) is 29.4 Å². The van der Waals surface area contributed by atoms with E-state index in [2.05, 4.69) is 20.8 Å². The number of carbonyl (C=O) groups excluding carboxylic acids is 2. The fourth-order valence-electron chi connectivity index (χ4n) is 2.73. The molecule has 2 unspecified atom stereocenters. The van der Waals surface area contributed by atoms with Crippen molar-refractivity contribution in [2.75, 3.05) is 0 Å². The molecule has 1 aromatic heterocycles. The van der Waals surface area contributed by atoms with E-state index in [1.54, 1.807) is 20.8 Å². The molecule has 7 nitrogen and oxygen atoms in total. The van der Waals surface area contributed by atoms with Crippen LogP contribution in [-0.2, 0) is 9.53 Å². The third-order valence-corrected chi connectivity index (χ3v) is 4.80. The number of rotatable bonds is 6. The fraction of sp³-hybridized carbons (Fsp3) is 0.455. The number of aryl methyl sites for hydroxylation is 1. The Balaban J connectivity index is 2.11. The highest BCUT2D eigenvalue weighted by atomic mass is 35.5. The van der Waals surface area contributed by atoms with Crippen molar-refractivity contribution in [2.45, 2.75) is 59.6 Å². The first-order valence-corrected chi connectivity index (χ1v) is 10.3. The molecule has 30 heavy (non-hydrogen) atoms. The lowest BCUT2D eigenvalue weighted by atomic mass is 9.99. The zero-order valence-corrected chi connectivity index (χ0v) is 19.0. The van der Waals surface area contributed by atoms with E-state index in [0.29, 0.717) is 12.0 Å². The molecule has 2 amide bonds. The second kappa shape index (κ2) is 9.89. The molecule has 0 aliphatic carbocycles. The number of amides is 2. The number of pyridine rings is 1. The quantitative estimate of drug-likeness (QED) is 0.396. The number of benzene rings is 1. The van der Waals surface area contributed by atoms with E-state index in [1.165, 1.54) is 6.21 Å². The molecule has 8 heteroatoms. The summed E-state index contributed by atoms with van der Waals surface area (Å²) in [6, 6.07) is 6.96.